The van der Waals surface area contributed by atoms with Crippen molar-refractivity contribution in [2.24, 2.45) is 0 Å². The molecule has 0 amide bonds. The molecule has 1 aliphatic rings. The molecule has 1 fully saturated rings. The van der Waals surface area contributed by atoms with E-state index in [2.05, 4.69) is 16.5 Å². The number of ether oxygens (including phenoxy) is 1. The number of anilines is 1. The van der Waals surface area contributed by atoms with Crippen LogP contribution in [0, 0.1) is 0 Å². The Bertz CT molecular complexity index is 493. The highest BCUT2D eigenvalue weighted by molar-refractivity contribution is 7.92. The van der Waals surface area contributed by atoms with Crippen molar-refractivity contribution in [3.05, 3.63) is 24.3 Å². The summed E-state index contributed by atoms with van der Waals surface area (Å²) in [5, 5.41) is 0. The fourth-order valence-corrected chi connectivity index (χ4v) is 2.43. The molecule has 1 N–H and O–H groups in total. The van der Waals surface area contributed by atoms with Crippen molar-refractivity contribution in [1.82, 2.24) is 4.90 Å². The van der Waals surface area contributed by atoms with Crippen molar-refractivity contribution in [2.45, 2.75) is 13.0 Å². The lowest BCUT2D eigenvalue weighted by molar-refractivity contribution is 0.0238. The molecule has 1 aromatic carbocycles. The molecule has 6 heteroatoms. The smallest absolute Gasteiger partial charge is 0.229 e. The minimum Gasteiger partial charge on any atom is -0.488 e. The van der Waals surface area contributed by atoms with Crippen molar-refractivity contribution < 1.29 is 13.2 Å². The summed E-state index contributed by atoms with van der Waals surface area (Å²) in [6, 6.07) is 6.96. The molecule has 5 nitrogen and oxygen atoms in total. The molecule has 0 atom stereocenters. The zero-order valence-corrected chi connectivity index (χ0v) is 11.4. The maximum Gasteiger partial charge on any atom is 0.229 e. The Kier molecular flexibility index (Phi) is 3.77. The van der Waals surface area contributed by atoms with Crippen LogP contribution in [0.1, 0.15) is 6.92 Å². The van der Waals surface area contributed by atoms with Gasteiger partial charge >= 0.3 is 0 Å². The van der Waals surface area contributed by atoms with E-state index in [4.69, 9.17) is 4.74 Å². The van der Waals surface area contributed by atoms with Crippen LogP contribution in [-0.4, -0.2) is 45.3 Å². The summed E-state index contributed by atoms with van der Waals surface area (Å²) >= 11 is 0. The maximum absolute atomic E-state index is 11.0. The molecule has 1 heterocycles. The summed E-state index contributed by atoms with van der Waals surface area (Å²) < 4.78 is 30.2. The van der Waals surface area contributed by atoms with Crippen LogP contribution in [0.15, 0.2) is 24.3 Å². The minimum atomic E-state index is -3.21. The lowest BCUT2D eigenvalue weighted by Crippen LogP contribution is -2.53. The van der Waals surface area contributed by atoms with Gasteiger partial charge in [0.05, 0.1) is 6.26 Å². The topological polar surface area (TPSA) is 58.6 Å². The molecule has 0 unspecified atom stereocenters. The van der Waals surface area contributed by atoms with E-state index in [0.717, 1.165) is 31.6 Å². The van der Waals surface area contributed by atoms with E-state index in [0.29, 0.717) is 5.69 Å². The molecule has 0 aliphatic carbocycles. The number of likely N-dealkylation sites (N-methyl/N-ethyl adjacent to an activating group) is 1. The van der Waals surface area contributed by atoms with Gasteiger partial charge in [0.1, 0.15) is 11.9 Å². The van der Waals surface area contributed by atoms with E-state index in [1.807, 2.05) is 0 Å². The number of hydrogen-bond donors (Lipinski definition) is 1. The first-order valence-corrected chi connectivity index (χ1v) is 7.82. The maximum atomic E-state index is 11.0. The largest absolute Gasteiger partial charge is 0.488 e. The van der Waals surface area contributed by atoms with E-state index in [1.54, 1.807) is 24.3 Å². The van der Waals surface area contributed by atoms with Crippen molar-refractivity contribution >= 4 is 15.7 Å². The van der Waals surface area contributed by atoms with Gasteiger partial charge in [-0.1, -0.05) is 6.92 Å². The van der Waals surface area contributed by atoms with Crippen molar-refractivity contribution in [2.75, 3.05) is 30.6 Å². The number of sulfonamides is 1. The van der Waals surface area contributed by atoms with Gasteiger partial charge in [0.2, 0.25) is 10.0 Å². The second-order valence-corrected chi connectivity index (χ2v) is 6.24. The van der Waals surface area contributed by atoms with Gasteiger partial charge in [-0.2, -0.15) is 0 Å². The van der Waals surface area contributed by atoms with Crippen molar-refractivity contribution in [3.63, 3.8) is 0 Å². The van der Waals surface area contributed by atoms with E-state index in [-0.39, 0.29) is 6.10 Å². The Morgan fingerprint density at radius 1 is 1.33 bits per heavy atom. The summed E-state index contributed by atoms with van der Waals surface area (Å²) in [6.45, 7) is 5.10. The first-order chi connectivity index (χ1) is 8.46. The van der Waals surface area contributed by atoms with Crippen LogP contribution in [0.2, 0.25) is 0 Å². The molecule has 1 aliphatic heterocycles. The van der Waals surface area contributed by atoms with Crippen LogP contribution in [0.5, 0.6) is 5.75 Å². The molecule has 1 aromatic rings. The number of likely N-dealkylation sites (tertiary alicyclic amines) is 1. The summed E-state index contributed by atoms with van der Waals surface area (Å²) in [4.78, 5) is 2.30. The predicted molar refractivity (Wildman–Crippen MR) is 71.4 cm³/mol. The number of nitrogens with one attached hydrogen (secondary N) is 1. The number of hydrogen-bond acceptors (Lipinski definition) is 4. The fourth-order valence-electron chi connectivity index (χ4n) is 1.86. The lowest BCUT2D eigenvalue weighted by atomic mass is 10.1. The van der Waals surface area contributed by atoms with Crippen LogP contribution < -0.4 is 9.46 Å². The third-order valence-electron chi connectivity index (χ3n) is 2.83. The summed E-state index contributed by atoms with van der Waals surface area (Å²) in [7, 11) is -3.21. The van der Waals surface area contributed by atoms with E-state index >= 15 is 0 Å². The number of benzene rings is 1. The van der Waals surface area contributed by atoms with Gasteiger partial charge < -0.3 is 4.74 Å². The molecule has 0 aromatic heterocycles. The Hall–Kier alpha value is -1.27. The molecule has 0 bridgehead atoms. The highest BCUT2D eigenvalue weighted by Gasteiger charge is 2.26. The minimum absolute atomic E-state index is 0.249. The van der Waals surface area contributed by atoms with Crippen LogP contribution in [0.3, 0.4) is 0 Å². The molecule has 2 rings (SSSR count). The Morgan fingerprint density at radius 2 is 1.94 bits per heavy atom. The second-order valence-electron chi connectivity index (χ2n) is 4.49. The zero-order valence-electron chi connectivity index (χ0n) is 10.6. The zero-order chi connectivity index (χ0) is 13.2. The molecular weight excluding hydrogens is 252 g/mol. The normalized spacial score (nSPS) is 17.2. The van der Waals surface area contributed by atoms with Gasteiger partial charge in [-0.05, 0) is 30.8 Å². The summed E-state index contributed by atoms with van der Waals surface area (Å²) in [5.74, 6) is 0.773. The first kappa shape index (κ1) is 13.2. The monoisotopic (exact) mass is 270 g/mol. The highest BCUT2D eigenvalue weighted by atomic mass is 32.2. The van der Waals surface area contributed by atoms with Gasteiger partial charge in [-0.25, -0.2) is 8.42 Å². The molecular formula is C12H18N2O3S. The van der Waals surface area contributed by atoms with Gasteiger partial charge in [0.15, 0.2) is 0 Å². The second kappa shape index (κ2) is 5.16. The average Bonchev–Trinajstić information content (AvgIpc) is 2.23. The van der Waals surface area contributed by atoms with Gasteiger partial charge in [-0.3, -0.25) is 9.62 Å². The quantitative estimate of drug-likeness (QED) is 0.871. The Morgan fingerprint density at radius 3 is 2.44 bits per heavy atom. The third-order valence-corrected chi connectivity index (χ3v) is 3.44. The van der Waals surface area contributed by atoms with E-state index in [9.17, 15) is 8.42 Å². The van der Waals surface area contributed by atoms with Crippen LogP contribution in [0.25, 0.3) is 0 Å². The lowest BCUT2D eigenvalue weighted by Gasteiger charge is -2.38. The predicted octanol–water partition coefficient (Wildman–Crippen LogP) is 1.14. The number of nitrogens with zero attached hydrogens (tertiary/aromatic N) is 1. The molecule has 100 valence electrons. The van der Waals surface area contributed by atoms with Crippen LogP contribution in [-0.2, 0) is 10.0 Å². The molecule has 0 spiro atoms. The van der Waals surface area contributed by atoms with Crippen molar-refractivity contribution in [3.8, 4) is 5.75 Å². The van der Waals surface area contributed by atoms with E-state index in [1.165, 1.54) is 0 Å². The fraction of sp³-hybridized carbons (Fsp3) is 0.500. The first-order valence-electron chi connectivity index (χ1n) is 5.93. The van der Waals surface area contributed by atoms with Gasteiger partial charge in [-0.15, -0.1) is 0 Å². The molecule has 18 heavy (non-hydrogen) atoms. The van der Waals surface area contributed by atoms with Gasteiger partial charge in [0, 0.05) is 18.8 Å². The third kappa shape index (κ3) is 3.61. The Labute approximate surface area is 108 Å². The Balaban J connectivity index is 1.88. The summed E-state index contributed by atoms with van der Waals surface area (Å²) in [5.41, 5.74) is 0.550. The summed E-state index contributed by atoms with van der Waals surface area (Å²) in [6.07, 6.45) is 1.38. The molecule has 0 radical (unpaired) electrons. The van der Waals surface area contributed by atoms with E-state index < -0.39 is 10.0 Å². The number of rotatable bonds is 5. The molecule has 0 saturated carbocycles. The van der Waals surface area contributed by atoms with Gasteiger partial charge in [0.25, 0.3) is 0 Å². The van der Waals surface area contributed by atoms with Crippen molar-refractivity contribution in [1.29, 1.82) is 0 Å². The van der Waals surface area contributed by atoms with Crippen LogP contribution >= 0.6 is 0 Å². The molecule has 1 saturated heterocycles. The standard InChI is InChI=1S/C12H18N2O3S/c1-3-14-8-12(9-14)17-11-6-4-10(5-7-11)13-18(2,15)16/h4-7,12-13H,3,8-9H2,1-2H3. The SMILES string of the molecule is CCN1CC(Oc2ccc(NS(C)(=O)=O)cc2)C1. The van der Waals surface area contributed by atoms with Crippen LogP contribution in [0.4, 0.5) is 5.69 Å². The highest BCUT2D eigenvalue weighted by Crippen LogP contribution is 2.20. The average molecular weight is 270 g/mol.